The highest BCUT2D eigenvalue weighted by molar-refractivity contribution is 5.43. The molecule has 0 aromatic heterocycles. The van der Waals surface area contributed by atoms with E-state index in [1.165, 1.54) is 18.4 Å². The normalized spacial score (nSPS) is 13.0. The quantitative estimate of drug-likeness (QED) is 0.680. The van der Waals surface area contributed by atoms with Gasteiger partial charge in [0.1, 0.15) is 0 Å². The summed E-state index contributed by atoms with van der Waals surface area (Å²) in [4.78, 5) is 0. The highest BCUT2D eigenvalue weighted by Gasteiger charge is 2.20. The van der Waals surface area contributed by atoms with Crippen LogP contribution in [0.4, 0.5) is 0 Å². The first-order chi connectivity index (χ1) is 10.4. The molecule has 0 saturated carbocycles. The van der Waals surface area contributed by atoms with Crippen molar-refractivity contribution >= 4 is 0 Å². The van der Waals surface area contributed by atoms with E-state index in [1.807, 2.05) is 6.07 Å². The zero-order valence-electron chi connectivity index (χ0n) is 14.9. The van der Waals surface area contributed by atoms with Crippen molar-refractivity contribution in [2.45, 2.75) is 65.8 Å². The highest BCUT2D eigenvalue weighted by Crippen LogP contribution is 2.29. The largest absolute Gasteiger partial charge is 0.493 e. The van der Waals surface area contributed by atoms with Crippen molar-refractivity contribution in [2.75, 3.05) is 13.7 Å². The Kier molecular flexibility index (Phi) is 7.74. The van der Waals surface area contributed by atoms with Gasteiger partial charge in [-0.25, -0.2) is 0 Å². The molecule has 0 aliphatic rings. The molecular weight excluding hydrogens is 274 g/mol. The van der Waals surface area contributed by atoms with E-state index in [0.717, 1.165) is 37.4 Å². The average molecular weight is 307 g/mol. The van der Waals surface area contributed by atoms with E-state index in [1.54, 1.807) is 7.11 Å². The number of benzene rings is 1. The molecule has 1 rings (SSSR count). The van der Waals surface area contributed by atoms with E-state index >= 15 is 0 Å². The van der Waals surface area contributed by atoms with Crippen LogP contribution in [0.2, 0.25) is 0 Å². The molecule has 0 amide bonds. The first-order valence-corrected chi connectivity index (χ1v) is 8.43. The van der Waals surface area contributed by atoms with Crippen LogP contribution >= 0.6 is 0 Å². The van der Waals surface area contributed by atoms with Gasteiger partial charge >= 0.3 is 0 Å². The number of hydrogen-bond donors (Lipinski definition) is 1. The Morgan fingerprint density at radius 2 is 1.86 bits per heavy atom. The van der Waals surface area contributed by atoms with Crippen molar-refractivity contribution in [2.24, 2.45) is 11.1 Å². The fourth-order valence-corrected chi connectivity index (χ4v) is 2.28. The molecule has 1 aromatic carbocycles. The minimum Gasteiger partial charge on any atom is -0.493 e. The van der Waals surface area contributed by atoms with E-state index < -0.39 is 0 Å². The zero-order valence-corrected chi connectivity index (χ0v) is 14.9. The van der Waals surface area contributed by atoms with Crippen LogP contribution in [0.5, 0.6) is 11.5 Å². The van der Waals surface area contributed by atoms with Crippen molar-refractivity contribution in [3.05, 3.63) is 23.8 Å². The summed E-state index contributed by atoms with van der Waals surface area (Å²) in [6.07, 6.45) is 5.43. The molecule has 0 fully saturated rings. The van der Waals surface area contributed by atoms with Gasteiger partial charge in [0.2, 0.25) is 0 Å². The molecule has 2 N–H and O–H groups in total. The Morgan fingerprint density at radius 1 is 1.14 bits per heavy atom. The summed E-state index contributed by atoms with van der Waals surface area (Å²) in [7, 11) is 1.69. The monoisotopic (exact) mass is 307 g/mol. The lowest BCUT2D eigenvalue weighted by Crippen LogP contribution is -2.35. The zero-order chi connectivity index (χ0) is 16.6. The van der Waals surface area contributed by atoms with Crippen LogP contribution in [0, 0.1) is 5.41 Å². The van der Waals surface area contributed by atoms with Crippen molar-refractivity contribution < 1.29 is 9.47 Å². The van der Waals surface area contributed by atoms with Gasteiger partial charge in [-0.15, -0.1) is 0 Å². The summed E-state index contributed by atoms with van der Waals surface area (Å²) in [5, 5.41) is 0. The fourth-order valence-electron chi connectivity index (χ4n) is 2.28. The standard InChI is InChI=1S/C19H33NO2/c1-6-7-8-13-22-16-11-9-15(14-17(16)21-5)10-12-18(20)19(2,3)4/h9,11,14,18H,6-8,10,12-13,20H2,1-5H3. The van der Waals surface area contributed by atoms with E-state index in [2.05, 4.69) is 39.8 Å². The summed E-state index contributed by atoms with van der Waals surface area (Å²) >= 11 is 0. The molecule has 0 heterocycles. The second-order valence-electron chi connectivity index (χ2n) is 7.05. The second kappa shape index (κ2) is 9.04. The molecule has 1 unspecified atom stereocenters. The van der Waals surface area contributed by atoms with Gasteiger partial charge in [0.15, 0.2) is 11.5 Å². The lowest BCUT2D eigenvalue weighted by molar-refractivity contribution is 0.285. The van der Waals surface area contributed by atoms with Gasteiger partial charge in [0.05, 0.1) is 13.7 Å². The van der Waals surface area contributed by atoms with Gasteiger partial charge in [-0.2, -0.15) is 0 Å². The van der Waals surface area contributed by atoms with Crippen molar-refractivity contribution in [1.29, 1.82) is 0 Å². The number of unbranched alkanes of at least 4 members (excludes halogenated alkanes) is 2. The van der Waals surface area contributed by atoms with Gasteiger partial charge in [-0.3, -0.25) is 0 Å². The molecule has 0 radical (unpaired) electrons. The average Bonchev–Trinajstić information content (AvgIpc) is 2.48. The van der Waals surface area contributed by atoms with Crippen LogP contribution in [0.25, 0.3) is 0 Å². The lowest BCUT2D eigenvalue weighted by atomic mass is 9.84. The Hall–Kier alpha value is -1.22. The van der Waals surface area contributed by atoms with Crippen LogP contribution in [-0.2, 0) is 6.42 Å². The predicted molar refractivity (Wildman–Crippen MR) is 93.8 cm³/mol. The van der Waals surface area contributed by atoms with Gasteiger partial charge < -0.3 is 15.2 Å². The minimum atomic E-state index is 0.145. The topological polar surface area (TPSA) is 44.5 Å². The van der Waals surface area contributed by atoms with Gasteiger partial charge in [0.25, 0.3) is 0 Å². The van der Waals surface area contributed by atoms with Gasteiger partial charge in [-0.05, 0) is 42.4 Å². The van der Waals surface area contributed by atoms with Crippen molar-refractivity contribution in [3.63, 3.8) is 0 Å². The molecule has 1 aromatic rings. The summed E-state index contributed by atoms with van der Waals surface area (Å²) in [5.74, 6) is 1.65. The van der Waals surface area contributed by atoms with Gasteiger partial charge in [0, 0.05) is 6.04 Å². The van der Waals surface area contributed by atoms with E-state index in [0.29, 0.717) is 0 Å². The van der Waals surface area contributed by atoms with E-state index in [-0.39, 0.29) is 11.5 Å². The predicted octanol–water partition coefficient (Wildman–Crippen LogP) is 4.57. The maximum atomic E-state index is 6.24. The number of methoxy groups -OCH3 is 1. The van der Waals surface area contributed by atoms with Crippen LogP contribution in [0.3, 0.4) is 0 Å². The fraction of sp³-hybridized carbons (Fsp3) is 0.684. The molecule has 0 spiro atoms. The molecule has 3 nitrogen and oxygen atoms in total. The van der Waals surface area contributed by atoms with Crippen LogP contribution in [0.1, 0.15) is 58.9 Å². The first-order valence-electron chi connectivity index (χ1n) is 8.43. The molecule has 22 heavy (non-hydrogen) atoms. The Balaban J connectivity index is 2.60. The number of hydrogen-bond acceptors (Lipinski definition) is 3. The van der Waals surface area contributed by atoms with E-state index in [4.69, 9.17) is 15.2 Å². The van der Waals surface area contributed by atoms with Crippen LogP contribution in [0.15, 0.2) is 18.2 Å². The number of nitrogens with two attached hydrogens (primary N) is 1. The molecule has 1 atom stereocenters. The maximum Gasteiger partial charge on any atom is 0.161 e. The van der Waals surface area contributed by atoms with Crippen LogP contribution in [-0.4, -0.2) is 19.8 Å². The Bertz CT molecular complexity index is 438. The van der Waals surface area contributed by atoms with Crippen LogP contribution < -0.4 is 15.2 Å². The maximum absolute atomic E-state index is 6.24. The first kappa shape index (κ1) is 18.8. The number of ether oxygens (including phenoxy) is 2. The lowest BCUT2D eigenvalue weighted by Gasteiger charge is -2.27. The van der Waals surface area contributed by atoms with Gasteiger partial charge in [-0.1, -0.05) is 46.6 Å². The SMILES string of the molecule is CCCCCOc1ccc(CCC(N)C(C)(C)C)cc1OC. The molecule has 126 valence electrons. The summed E-state index contributed by atoms with van der Waals surface area (Å²) < 4.78 is 11.3. The third-order valence-corrected chi connectivity index (χ3v) is 4.09. The van der Waals surface area contributed by atoms with Crippen molar-refractivity contribution in [1.82, 2.24) is 0 Å². The second-order valence-corrected chi connectivity index (χ2v) is 7.05. The summed E-state index contributed by atoms with van der Waals surface area (Å²) in [5.41, 5.74) is 7.63. The molecule has 0 saturated heterocycles. The molecular formula is C19H33NO2. The number of aryl methyl sites for hydroxylation is 1. The highest BCUT2D eigenvalue weighted by atomic mass is 16.5. The Labute approximate surface area is 136 Å². The molecule has 0 bridgehead atoms. The summed E-state index contributed by atoms with van der Waals surface area (Å²) in [6, 6.07) is 6.41. The molecule has 0 aliphatic carbocycles. The smallest absolute Gasteiger partial charge is 0.161 e. The minimum absolute atomic E-state index is 0.145. The molecule has 0 aliphatic heterocycles. The van der Waals surface area contributed by atoms with E-state index in [9.17, 15) is 0 Å². The summed E-state index contributed by atoms with van der Waals surface area (Å²) in [6.45, 7) is 9.50. The third-order valence-electron chi connectivity index (χ3n) is 4.09. The van der Waals surface area contributed by atoms with Crippen molar-refractivity contribution in [3.8, 4) is 11.5 Å². The molecule has 3 heteroatoms. The number of rotatable bonds is 9. The Morgan fingerprint density at radius 3 is 2.45 bits per heavy atom. The third kappa shape index (κ3) is 6.27.